The molecule has 2 unspecified atom stereocenters. The van der Waals surface area contributed by atoms with Crippen LogP contribution < -0.4 is 5.32 Å². The highest BCUT2D eigenvalue weighted by Gasteiger charge is 2.26. The highest BCUT2D eigenvalue weighted by atomic mass is 35.5. The number of carbonyl (C=O) groups excluding carboxylic acids is 1. The van der Waals surface area contributed by atoms with E-state index in [4.69, 9.17) is 0 Å². The fourth-order valence-corrected chi connectivity index (χ4v) is 2.72. The lowest BCUT2D eigenvalue weighted by atomic mass is 10.00. The van der Waals surface area contributed by atoms with Crippen LogP contribution in [-0.4, -0.2) is 36.5 Å². The minimum absolute atomic E-state index is 0. The second-order valence-electron chi connectivity index (χ2n) is 4.99. The Kier molecular flexibility index (Phi) is 5.56. The van der Waals surface area contributed by atoms with Crippen molar-refractivity contribution in [2.24, 2.45) is 5.92 Å². The van der Waals surface area contributed by atoms with Gasteiger partial charge in [-0.2, -0.15) is 0 Å². The third-order valence-electron chi connectivity index (χ3n) is 3.75. The van der Waals surface area contributed by atoms with Crippen LogP contribution in [0.25, 0.3) is 0 Å². The molecule has 2 aliphatic rings. The Hall–Kier alpha value is -0.280. The number of likely N-dealkylation sites (tertiary alicyclic amines) is 1. The van der Waals surface area contributed by atoms with Crippen molar-refractivity contribution >= 4 is 18.3 Å². The molecule has 2 aliphatic heterocycles. The quantitative estimate of drug-likeness (QED) is 0.806. The second kappa shape index (κ2) is 6.45. The SMILES string of the molecule is CC1CCCCN1C(=O)CC1CCNC1.Cl. The molecule has 0 aromatic carbocycles. The third-order valence-corrected chi connectivity index (χ3v) is 3.75. The van der Waals surface area contributed by atoms with E-state index in [-0.39, 0.29) is 12.4 Å². The number of hydrogen-bond donors (Lipinski definition) is 1. The van der Waals surface area contributed by atoms with Crippen LogP contribution in [-0.2, 0) is 4.79 Å². The van der Waals surface area contributed by atoms with Crippen molar-refractivity contribution in [3.05, 3.63) is 0 Å². The van der Waals surface area contributed by atoms with E-state index in [1.807, 2.05) is 0 Å². The van der Waals surface area contributed by atoms with E-state index in [9.17, 15) is 4.79 Å². The fourth-order valence-electron chi connectivity index (χ4n) is 2.72. The molecular formula is C12H23ClN2O. The molecule has 0 aliphatic carbocycles. The first-order chi connectivity index (χ1) is 7.27. The average molecular weight is 247 g/mol. The van der Waals surface area contributed by atoms with Crippen LogP contribution in [0.3, 0.4) is 0 Å². The topological polar surface area (TPSA) is 32.3 Å². The van der Waals surface area contributed by atoms with Gasteiger partial charge in [0.2, 0.25) is 5.91 Å². The van der Waals surface area contributed by atoms with Crippen molar-refractivity contribution in [1.82, 2.24) is 10.2 Å². The number of amides is 1. The van der Waals surface area contributed by atoms with Crippen LogP contribution >= 0.6 is 12.4 Å². The van der Waals surface area contributed by atoms with Gasteiger partial charge in [0.25, 0.3) is 0 Å². The van der Waals surface area contributed by atoms with E-state index in [0.717, 1.165) is 26.1 Å². The van der Waals surface area contributed by atoms with Crippen LogP contribution in [0.15, 0.2) is 0 Å². The second-order valence-corrected chi connectivity index (χ2v) is 4.99. The smallest absolute Gasteiger partial charge is 0.223 e. The zero-order valence-electron chi connectivity index (χ0n) is 10.1. The standard InChI is InChI=1S/C12H22N2O.ClH/c1-10-4-2-3-7-14(10)12(15)8-11-5-6-13-9-11;/h10-11,13H,2-9H2,1H3;1H. The number of piperidine rings is 1. The molecule has 1 amide bonds. The zero-order chi connectivity index (χ0) is 10.7. The Bertz CT molecular complexity index is 229. The maximum atomic E-state index is 12.1. The van der Waals surface area contributed by atoms with E-state index >= 15 is 0 Å². The predicted octanol–water partition coefficient (Wildman–Crippen LogP) is 1.81. The van der Waals surface area contributed by atoms with Crippen molar-refractivity contribution in [3.8, 4) is 0 Å². The maximum absolute atomic E-state index is 12.1. The molecule has 0 radical (unpaired) electrons. The third kappa shape index (κ3) is 3.36. The zero-order valence-corrected chi connectivity index (χ0v) is 10.9. The number of hydrogen-bond acceptors (Lipinski definition) is 2. The summed E-state index contributed by atoms with van der Waals surface area (Å²) in [5.41, 5.74) is 0. The lowest BCUT2D eigenvalue weighted by Gasteiger charge is -2.34. The number of rotatable bonds is 2. The summed E-state index contributed by atoms with van der Waals surface area (Å²) in [4.78, 5) is 14.2. The molecule has 0 aromatic rings. The molecule has 0 saturated carbocycles. The number of nitrogens with zero attached hydrogens (tertiary/aromatic N) is 1. The number of carbonyl (C=O) groups is 1. The Morgan fingerprint density at radius 3 is 2.81 bits per heavy atom. The van der Waals surface area contributed by atoms with Crippen molar-refractivity contribution in [2.75, 3.05) is 19.6 Å². The number of nitrogens with one attached hydrogen (secondary N) is 1. The summed E-state index contributed by atoms with van der Waals surface area (Å²) < 4.78 is 0. The van der Waals surface area contributed by atoms with Crippen LogP contribution in [0.5, 0.6) is 0 Å². The van der Waals surface area contributed by atoms with Gasteiger partial charge in [-0.1, -0.05) is 0 Å². The molecule has 2 heterocycles. The molecule has 0 spiro atoms. The van der Waals surface area contributed by atoms with Gasteiger partial charge in [-0.05, 0) is 51.6 Å². The molecule has 2 saturated heterocycles. The van der Waals surface area contributed by atoms with Crippen LogP contribution in [0.1, 0.15) is 39.0 Å². The maximum Gasteiger partial charge on any atom is 0.223 e. The average Bonchev–Trinajstić information content (AvgIpc) is 2.71. The predicted molar refractivity (Wildman–Crippen MR) is 67.9 cm³/mol. The van der Waals surface area contributed by atoms with E-state index in [1.54, 1.807) is 0 Å². The molecule has 94 valence electrons. The molecular weight excluding hydrogens is 224 g/mol. The lowest BCUT2D eigenvalue weighted by Crippen LogP contribution is -2.42. The van der Waals surface area contributed by atoms with Crippen molar-refractivity contribution in [1.29, 1.82) is 0 Å². The molecule has 4 heteroatoms. The normalized spacial score (nSPS) is 29.9. The van der Waals surface area contributed by atoms with Gasteiger partial charge in [0.1, 0.15) is 0 Å². The Balaban J connectivity index is 0.00000128. The Labute approximate surface area is 104 Å². The molecule has 1 N–H and O–H groups in total. The molecule has 2 rings (SSSR count). The van der Waals surface area contributed by atoms with Gasteiger partial charge in [0, 0.05) is 19.0 Å². The van der Waals surface area contributed by atoms with Gasteiger partial charge >= 0.3 is 0 Å². The minimum Gasteiger partial charge on any atom is -0.340 e. The van der Waals surface area contributed by atoms with E-state index in [0.29, 0.717) is 17.9 Å². The van der Waals surface area contributed by atoms with Gasteiger partial charge in [0.15, 0.2) is 0 Å². The Morgan fingerprint density at radius 2 is 2.19 bits per heavy atom. The first kappa shape index (κ1) is 13.8. The van der Waals surface area contributed by atoms with Gasteiger partial charge in [-0.25, -0.2) is 0 Å². The first-order valence-electron chi connectivity index (χ1n) is 6.27. The van der Waals surface area contributed by atoms with Crippen molar-refractivity contribution in [2.45, 2.75) is 45.1 Å². The van der Waals surface area contributed by atoms with Crippen LogP contribution in [0, 0.1) is 5.92 Å². The molecule has 2 atom stereocenters. The van der Waals surface area contributed by atoms with Crippen LogP contribution in [0.4, 0.5) is 0 Å². The summed E-state index contributed by atoms with van der Waals surface area (Å²) in [7, 11) is 0. The van der Waals surface area contributed by atoms with E-state index in [2.05, 4.69) is 17.1 Å². The monoisotopic (exact) mass is 246 g/mol. The molecule has 3 nitrogen and oxygen atoms in total. The summed E-state index contributed by atoms with van der Waals surface area (Å²) >= 11 is 0. The van der Waals surface area contributed by atoms with Crippen molar-refractivity contribution < 1.29 is 4.79 Å². The van der Waals surface area contributed by atoms with Gasteiger partial charge < -0.3 is 10.2 Å². The summed E-state index contributed by atoms with van der Waals surface area (Å²) in [6, 6.07) is 0.473. The highest BCUT2D eigenvalue weighted by Crippen LogP contribution is 2.20. The highest BCUT2D eigenvalue weighted by molar-refractivity contribution is 5.85. The summed E-state index contributed by atoms with van der Waals surface area (Å²) in [5.74, 6) is 0.975. The largest absolute Gasteiger partial charge is 0.340 e. The van der Waals surface area contributed by atoms with Crippen LogP contribution in [0.2, 0.25) is 0 Å². The molecule has 0 aromatic heterocycles. The molecule has 2 fully saturated rings. The Morgan fingerprint density at radius 1 is 1.38 bits per heavy atom. The van der Waals surface area contributed by atoms with Gasteiger partial charge in [-0.3, -0.25) is 4.79 Å². The first-order valence-corrected chi connectivity index (χ1v) is 6.27. The van der Waals surface area contributed by atoms with Gasteiger partial charge in [-0.15, -0.1) is 12.4 Å². The van der Waals surface area contributed by atoms with Crippen molar-refractivity contribution in [3.63, 3.8) is 0 Å². The minimum atomic E-state index is 0. The summed E-state index contributed by atoms with van der Waals surface area (Å²) in [5, 5.41) is 3.32. The summed E-state index contributed by atoms with van der Waals surface area (Å²) in [6.45, 7) is 5.30. The summed E-state index contributed by atoms with van der Waals surface area (Å²) in [6.07, 6.45) is 5.61. The fraction of sp³-hybridized carbons (Fsp3) is 0.917. The van der Waals surface area contributed by atoms with Gasteiger partial charge in [0.05, 0.1) is 0 Å². The van der Waals surface area contributed by atoms with E-state index < -0.39 is 0 Å². The van der Waals surface area contributed by atoms with E-state index in [1.165, 1.54) is 25.7 Å². The molecule has 0 bridgehead atoms. The number of halogens is 1. The lowest BCUT2D eigenvalue weighted by molar-refractivity contribution is -0.135. The molecule has 16 heavy (non-hydrogen) atoms.